The first kappa shape index (κ1) is 18.2. The van der Waals surface area contributed by atoms with Crippen LogP contribution in [0.1, 0.15) is 65.7 Å². The van der Waals surface area contributed by atoms with Crippen LogP contribution in [-0.2, 0) is 19.1 Å². The number of carbonyl (C=O) groups is 2. The first-order valence-corrected chi connectivity index (χ1v) is 10.2. The molecule has 6 unspecified atom stereocenters. The summed E-state index contributed by atoms with van der Waals surface area (Å²) in [7, 11) is 1.44. The van der Waals surface area contributed by atoms with Gasteiger partial charge < -0.3 is 14.3 Å². The van der Waals surface area contributed by atoms with Crippen LogP contribution in [0.15, 0.2) is 11.6 Å². The summed E-state index contributed by atoms with van der Waals surface area (Å²) in [5.74, 6) is 0.605. The number of carbonyl (C=O) groups excluding carboxylic acids is 2. The number of rotatable bonds is 2. The Balaban J connectivity index is 1.77. The molecule has 0 N–H and O–H groups in total. The molecule has 0 aromatic carbocycles. The second-order valence-electron chi connectivity index (χ2n) is 9.98. The minimum atomic E-state index is -0.387. The smallest absolute Gasteiger partial charge is 0.333 e. The molecule has 0 amide bonds. The van der Waals surface area contributed by atoms with E-state index in [2.05, 4.69) is 26.8 Å². The van der Waals surface area contributed by atoms with E-state index in [4.69, 9.17) is 9.47 Å². The number of fused-ring (bicyclic) bond motifs is 5. The Kier molecular flexibility index (Phi) is 4.15. The summed E-state index contributed by atoms with van der Waals surface area (Å²) < 4.78 is 11.0. The van der Waals surface area contributed by atoms with E-state index in [-0.39, 0.29) is 34.9 Å². The normalized spacial score (nSPS) is 46.4. The lowest BCUT2D eigenvalue weighted by molar-refractivity contribution is -0.154. The van der Waals surface area contributed by atoms with Gasteiger partial charge in [-0.15, -0.1) is 0 Å². The number of hydrogen-bond donors (Lipinski definition) is 0. The van der Waals surface area contributed by atoms with Gasteiger partial charge in [-0.1, -0.05) is 33.3 Å². The Bertz CT molecular complexity index is 651. The highest BCUT2D eigenvalue weighted by atomic mass is 16.6. The van der Waals surface area contributed by atoms with Crippen molar-refractivity contribution in [3.8, 4) is 0 Å². The van der Waals surface area contributed by atoms with Gasteiger partial charge in [0.1, 0.15) is 6.29 Å². The lowest BCUT2D eigenvalue weighted by Crippen LogP contribution is -2.58. The maximum Gasteiger partial charge on any atom is 0.333 e. The standard InChI is InChI=1S/C22H32O4/c1-20(2)9-5-10-21(3)16(20)8-11-22(13-23)17(21)7-6-14(19(24)25-4)12-15-18(22)26-15/h6,13,15-18H,5,7-12H2,1-4H3. The molecule has 144 valence electrons. The van der Waals surface area contributed by atoms with Crippen molar-refractivity contribution in [2.75, 3.05) is 7.11 Å². The molecule has 0 bridgehead atoms. The van der Waals surface area contributed by atoms with Gasteiger partial charge in [0.05, 0.1) is 24.7 Å². The van der Waals surface area contributed by atoms with Crippen LogP contribution >= 0.6 is 0 Å². The van der Waals surface area contributed by atoms with Crippen LogP contribution in [0, 0.1) is 28.1 Å². The number of ether oxygens (including phenoxy) is 2. The van der Waals surface area contributed by atoms with Crippen molar-refractivity contribution in [3.05, 3.63) is 11.6 Å². The second kappa shape index (κ2) is 5.92. The third kappa shape index (κ3) is 2.44. The van der Waals surface area contributed by atoms with Gasteiger partial charge in [0, 0.05) is 12.0 Å². The fourth-order valence-electron chi connectivity index (χ4n) is 7.15. The molecule has 2 saturated carbocycles. The van der Waals surface area contributed by atoms with Crippen molar-refractivity contribution in [3.63, 3.8) is 0 Å². The van der Waals surface area contributed by atoms with Gasteiger partial charge in [-0.25, -0.2) is 4.79 Å². The molecule has 26 heavy (non-hydrogen) atoms. The molecule has 3 aliphatic carbocycles. The number of allylic oxidation sites excluding steroid dienone is 1. The lowest BCUT2D eigenvalue weighted by Gasteiger charge is -2.62. The largest absolute Gasteiger partial charge is 0.466 e. The van der Waals surface area contributed by atoms with Crippen LogP contribution in [0.2, 0.25) is 0 Å². The minimum absolute atomic E-state index is 0.00917. The molecule has 0 aromatic heterocycles. The van der Waals surface area contributed by atoms with Gasteiger partial charge >= 0.3 is 5.97 Å². The molecule has 3 fully saturated rings. The van der Waals surface area contributed by atoms with Crippen molar-refractivity contribution in [1.82, 2.24) is 0 Å². The van der Waals surface area contributed by atoms with Crippen molar-refractivity contribution in [2.24, 2.45) is 28.1 Å². The van der Waals surface area contributed by atoms with Crippen LogP contribution in [0.5, 0.6) is 0 Å². The highest BCUT2D eigenvalue weighted by molar-refractivity contribution is 5.88. The van der Waals surface area contributed by atoms with E-state index >= 15 is 0 Å². The number of aldehydes is 1. The Morgan fingerprint density at radius 1 is 1.23 bits per heavy atom. The topological polar surface area (TPSA) is 55.9 Å². The molecule has 6 atom stereocenters. The first-order valence-electron chi connectivity index (χ1n) is 10.2. The van der Waals surface area contributed by atoms with Gasteiger partial charge in [-0.3, -0.25) is 0 Å². The van der Waals surface area contributed by atoms with E-state index in [0.29, 0.717) is 17.8 Å². The third-order valence-corrected chi connectivity index (χ3v) is 8.39. The SMILES string of the molecule is COC(=O)C1=CCC2C3(C)CCCC(C)(C)C3CCC2(C=O)C2OC2C1. The zero-order valence-electron chi connectivity index (χ0n) is 16.5. The fraction of sp³-hybridized carbons (Fsp3) is 0.818. The molecular formula is C22H32O4. The van der Waals surface area contributed by atoms with Gasteiger partial charge in [-0.2, -0.15) is 0 Å². The number of hydrogen-bond acceptors (Lipinski definition) is 4. The van der Waals surface area contributed by atoms with Crippen LogP contribution < -0.4 is 0 Å². The lowest BCUT2D eigenvalue weighted by atomic mass is 9.42. The zero-order chi connectivity index (χ0) is 18.7. The summed E-state index contributed by atoms with van der Waals surface area (Å²) in [6.07, 6.45) is 10.3. The van der Waals surface area contributed by atoms with Crippen LogP contribution in [0.4, 0.5) is 0 Å². The number of esters is 1. The van der Waals surface area contributed by atoms with Crippen molar-refractivity contribution in [2.45, 2.75) is 77.9 Å². The van der Waals surface area contributed by atoms with Crippen LogP contribution in [0.3, 0.4) is 0 Å². The molecule has 1 saturated heterocycles. The first-order chi connectivity index (χ1) is 12.3. The van der Waals surface area contributed by atoms with E-state index < -0.39 is 0 Å². The van der Waals surface area contributed by atoms with E-state index in [0.717, 1.165) is 24.8 Å². The van der Waals surface area contributed by atoms with Crippen molar-refractivity contribution >= 4 is 12.3 Å². The molecule has 0 spiro atoms. The molecular weight excluding hydrogens is 328 g/mol. The highest BCUT2D eigenvalue weighted by Crippen LogP contribution is 2.68. The Morgan fingerprint density at radius 3 is 2.69 bits per heavy atom. The van der Waals surface area contributed by atoms with Crippen LogP contribution in [-0.4, -0.2) is 31.6 Å². The quantitative estimate of drug-likeness (QED) is 0.423. The van der Waals surface area contributed by atoms with Gasteiger partial charge in [0.2, 0.25) is 0 Å². The molecule has 1 aliphatic heterocycles. The highest BCUT2D eigenvalue weighted by Gasteiger charge is 2.67. The molecule has 4 rings (SSSR count). The average Bonchev–Trinajstić information content (AvgIpc) is 3.34. The molecule has 0 radical (unpaired) electrons. The maximum absolute atomic E-state index is 12.5. The maximum atomic E-state index is 12.5. The summed E-state index contributed by atoms with van der Waals surface area (Å²) in [5, 5.41) is 0. The number of methoxy groups -OCH3 is 1. The Hall–Kier alpha value is -1.16. The predicted octanol–water partition coefficient (Wildman–Crippen LogP) is 4.07. The van der Waals surface area contributed by atoms with Gasteiger partial charge in [-0.05, 0) is 54.8 Å². The zero-order valence-corrected chi connectivity index (χ0v) is 16.5. The fourth-order valence-corrected chi connectivity index (χ4v) is 7.15. The monoisotopic (exact) mass is 360 g/mol. The van der Waals surface area contributed by atoms with E-state index in [1.54, 1.807) is 0 Å². The van der Waals surface area contributed by atoms with E-state index in [1.807, 2.05) is 0 Å². The van der Waals surface area contributed by atoms with Crippen LogP contribution in [0.25, 0.3) is 0 Å². The molecule has 4 aliphatic rings. The summed E-state index contributed by atoms with van der Waals surface area (Å²) >= 11 is 0. The average molecular weight is 360 g/mol. The minimum Gasteiger partial charge on any atom is -0.466 e. The Labute approximate surface area is 156 Å². The summed E-state index contributed by atoms with van der Waals surface area (Å²) in [4.78, 5) is 24.6. The number of epoxide rings is 1. The Morgan fingerprint density at radius 2 is 2.00 bits per heavy atom. The van der Waals surface area contributed by atoms with Gasteiger partial charge in [0.25, 0.3) is 0 Å². The second-order valence-corrected chi connectivity index (χ2v) is 9.98. The third-order valence-electron chi connectivity index (χ3n) is 8.39. The van der Waals surface area contributed by atoms with Gasteiger partial charge in [0.15, 0.2) is 0 Å². The van der Waals surface area contributed by atoms with Crippen molar-refractivity contribution in [1.29, 1.82) is 0 Å². The molecule has 1 heterocycles. The predicted molar refractivity (Wildman–Crippen MR) is 98.4 cm³/mol. The molecule has 4 nitrogen and oxygen atoms in total. The van der Waals surface area contributed by atoms with E-state index in [9.17, 15) is 9.59 Å². The van der Waals surface area contributed by atoms with Crippen molar-refractivity contribution < 1.29 is 19.1 Å². The van der Waals surface area contributed by atoms with E-state index in [1.165, 1.54) is 32.7 Å². The molecule has 0 aromatic rings. The molecule has 4 heteroatoms. The summed E-state index contributed by atoms with van der Waals surface area (Å²) in [6, 6.07) is 0. The summed E-state index contributed by atoms with van der Waals surface area (Å²) in [6.45, 7) is 7.21. The summed E-state index contributed by atoms with van der Waals surface area (Å²) in [5.41, 5.74) is 0.761.